The third-order valence-electron chi connectivity index (χ3n) is 2.94. The van der Waals surface area contributed by atoms with Crippen molar-refractivity contribution in [3.8, 4) is 5.75 Å². The first kappa shape index (κ1) is 13.0. The fraction of sp³-hybridized carbons (Fsp3) is 0.571. The van der Waals surface area contributed by atoms with E-state index in [-0.39, 0.29) is 0 Å². The van der Waals surface area contributed by atoms with Crippen LogP contribution in [-0.2, 0) is 6.42 Å². The lowest BCUT2D eigenvalue weighted by atomic mass is 10.1. The highest BCUT2D eigenvalue weighted by molar-refractivity contribution is 5.27. The standard InChI is InChI=1S/C14H23NO/c1-4-12(2)11-15-10-9-13-5-7-14(16-3)8-6-13/h5-8,12,15H,4,9-11H2,1-3H3. The molecule has 0 aliphatic heterocycles. The first-order valence-electron chi connectivity index (χ1n) is 6.10. The fourth-order valence-corrected chi connectivity index (χ4v) is 1.52. The van der Waals surface area contributed by atoms with E-state index in [9.17, 15) is 0 Å². The van der Waals surface area contributed by atoms with Gasteiger partial charge in [-0.25, -0.2) is 0 Å². The first-order chi connectivity index (χ1) is 7.76. The maximum absolute atomic E-state index is 5.13. The number of hydrogen-bond donors (Lipinski definition) is 1. The second-order valence-corrected chi connectivity index (χ2v) is 4.32. The maximum Gasteiger partial charge on any atom is 0.118 e. The van der Waals surface area contributed by atoms with Gasteiger partial charge in [0.1, 0.15) is 5.75 Å². The Morgan fingerprint density at radius 2 is 1.94 bits per heavy atom. The third-order valence-corrected chi connectivity index (χ3v) is 2.94. The Bertz CT molecular complexity index is 281. The number of methoxy groups -OCH3 is 1. The molecule has 0 heterocycles. The van der Waals surface area contributed by atoms with Crippen molar-refractivity contribution in [2.24, 2.45) is 5.92 Å². The molecule has 16 heavy (non-hydrogen) atoms. The predicted octanol–water partition coefficient (Wildman–Crippen LogP) is 2.87. The minimum Gasteiger partial charge on any atom is -0.497 e. The van der Waals surface area contributed by atoms with Crippen LogP contribution in [0, 0.1) is 5.92 Å². The summed E-state index contributed by atoms with van der Waals surface area (Å²) in [4.78, 5) is 0. The zero-order valence-electron chi connectivity index (χ0n) is 10.6. The second-order valence-electron chi connectivity index (χ2n) is 4.32. The average molecular weight is 221 g/mol. The van der Waals surface area contributed by atoms with Gasteiger partial charge in [-0.3, -0.25) is 0 Å². The molecule has 0 radical (unpaired) electrons. The molecular formula is C14H23NO. The van der Waals surface area contributed by atoms with Gasteiger partial charge in [-0.15, -0.1) is 0 Å². The van der Waals surface area contributed by atoms with Crippen molar-refractivity contribution in [2.75, 3.05) is 20.2 Å². The predicted molar refractivity (Wildman–Crippen MR) is 69.0 cm³/mol. The van der Waals surface area contributed by atoms with E-state index in [2.05, 4.69) is 31.3 Å². The van der Waals surface area contributed by atoms with Gasteiger partial charge in [0, 0.05) is 0 Å². The summed E-state index contributed by atoms with van der Waals surface area (Å²) < 4.78 is 5.13. The van der Waals surface area contributed by atoms with Gasteiger partial charge in [0.2, 0.25) is 0 Å². The van der Waals surface area contributed by atoms with Crippen molar-refractivity contribution in [1.82, 2.24) is 5.32 Å². The molecule has 0 bridgehead atoms. The Balaban J connectivity index is 2.21. The molecule has 1 aromatic rings. The van der Waals surface area contributed by atoms with E-state index in [0.29, 0.717) is 0 Å². The molecule has 0 aliphatic rings. The van der Waals surface area contributed by atoms with Gasteiger partial charge in [-0.2, -0.15) is 0 Å². The summed E-state index contributed by atoms with van der Waals surface area (Å²) in [6.07, 6.45) is 2.33. The molecule has 1 unspecified atom stereocenters. The van der Waals surface area contributed by atoms with Crippen LogP contribution in [0.2, 0.25) is 0 Å². The van der Waals surface area contributed by atoms with E-state index in [0.717, 1.165) is 31.2 Å². The molecule has 2 heteroatoms. The van der Waals surface area contributed by atoms with Gasteiger partial charge in [-0.05, 0) is 43.1 Å². The summed E-state index contributed by atoms with van der Waals surface area (Å²) in [6, 6.07) is 8.29. The van der Waals surface area contributed by atoms with E-state index in [1.165, 1.54) is 12.0 Å². The van der Waals surface area contributed by atoms with Gasteiger partial charge in [0.05, 0.1) is 7.11 Å². The summed E-state index contributed by atoms with van der Waals surface area (Å²) in [5, 5.41) is 3.48. The molecule has 0 aromatic heterocycles. The first-order valence-corrected chi connectivity index (χ1v) is 6.10. The van der Waals surface area contributed by atoms with E-state index in [4.69, 9.17) is 4.74 Å². The topological polar surface area (TPSA) is 21.3 Å². The maximum atomic E-state index is 5.13. The van der Waals surface area contributed by atoms with Crippen LogP contribution in [0.15, 0.2) is 24.3 Å². The normalized spacial score (nSPS) is 12.4. The fourth-order valence-electron chi connectivity index (χ4n) is 1.52. The SMILES string of the molecule is CCC(C)CNCCc1ccc(OC)cc1. The van der Waals surface area contributed by atoms with Gasteiger partial charge in [0.15, 0.2) is 0 Å². The zero-order valence-corrected chi connectivity index (χ0v) is 10.6. The molecule has 0 saturated heterocycles. The van der Waals surface area contributed by atoms with E-state index >= 15 is 0 Å². The Labute approximate surface area is 99.0 Å². The summed E-state index contributed by atoms with van der Waals surface area (Å²) in [6.45, 7) is 6.68. The van der Waals surface area contributed by atoms with Crippen molar-refractivity contribution in [2.45, 2.75) is 26.7 Å². The molecular weight excluding hydrogens is 198 g/mol. The molecule has 2 nitrogen and oxygen atoms in total. The molecule has 1 aromatic carbocycles. The second kappa shape index (κ2) is 7.29. The smallest absolute Gasteiger partial charge is 0.118 e. The van der Waals surface area contributed by atoms with Crippen molar-refractivity contribution < 1.29 is 4.74 Å². The molecule has 90 valence electrons. The number of hydrogen-bond acceptors (Lipinski definition) is 2. The van der Waals surface area contributed by atoms with Gasteiger partial charge in [-0.1, -0.05) is 32.4 Å². The molecule has 0 aliphatic carbocycles. The Hall–Kier alpha value is -1.02. The minimum atomic E-state index is 0.774. The molecule has 0 amide bonds. The van der Waals surface area contributed by atoms with E-state index in [1.54, 1.807) is 7.11 Å². The van der Waals surface area contributed by atoms with Crippen LogP contribution in [0.1, 0.15) is 25.8 Å². The van der Waals surface area contributed by atoms with Crippen molar-refractivity contribution >= 4 is 0 Å². The lowest BCUT2D eigenvalue weighted by Crippen LogP contribution is -2.23. The largest absolute Gasteiger partial charge is 0.497 e. The highest BCUT2D eigenvalue weighted by Gasteiger charge is 1.98. The summed E-state index contributed by atoms with van der Waals surface area (Å²) >= 11 is 0. The Morgan fingerprint density at radius 1 is 1.25 bits per heavy atom. The van der Waals surface area contributed by atoms with Crippen molar-refractivity contribution in [1.29, 1.82) is 0 Å². The Morgan fingerprint density at radius 3 is 2.50 bits per heavy atom. The number of rotatable bonds is 7. The molecule has 1 N–H and O–H groups in total. The van der Waals surface area contributed by atoms with Gasteiger partial charge < -0.3 is 10.1 Å². The van der Waals surface area contributed by atoms with Crippen LogP contribution in [0.25, 0.3) is 0 Å². The third kappa shape index (κ3) is 4.67. The number of nitrogens with one attached hydrogen (secondary N) is 1. The van der Waals surface area contributed by atoms with Crippen LogP contribution in [-0.4, -0.2) is 20.2 Å². The summed E-state index contributed by atoms with van der Waals surface area (Å²) in [5.74, 6) is 1.70. The van der Waals surface area contributed by atoms with Gasteiger partial charge in [0.25, 0.3) is 0 Å². The van der Waals surface area contributed by atoms with E-state index in [1.807, 2.05) is 12.1 Å². The monoisotopic (exact) mass is 221 g/mol. The lowest BCUT2D eigenvalue weighted by Gasteiger charge is -2.10. The molecule has 1 rings (SSSR count). The van der Waals surface area contributed by atoms with Crippen molar-refractivity contribution in [3.05, 3.63) is 29.8 Å². The van der Waals surface area contributed by atoms with Crippen molar-refractivity contribution in [3.63, 3.8) is 0 Å². The van der Waals surface area contributed by atoms with Crippen LogP contribution in [0.4, 0.5) is 0 Å². The number of ether oxygens (including phenoxy) is 1. The van der Waals surface area contributed by atoms with Crippen LogP contribution in [0.3, 0.4) is 0 Å². The van der Waals surface area contributed by atoms with Gasteiger partial charge >= 0.3 is 0 Å². The highest BCUT2D eigenvalue weighted by Crippen LogP contribution is 2.11. The zero-order chi connectivity index (χ0) is 11.8. The lowest BCUT2D eigenvalue weighted by molar-refractivity contribution is 0.414. The molecule has 0 fully saturated rings. The molecule has 0 spiro atoms. The molecule has 1 atom stereocenters. The minimum absolute atomic E-state index is 0.774. The Kier molecular flexibility index (Phi) is 5.94. The summed E-state index contributed by atoms with van der Waals surface area (Å²) in [7, 11) is 1.70. The van der Waals surface area contributed by atoms with Crippen LogP contribution >= 0.6 is 0 Å². The molecule has 0 saturated carbocycles. The highest BCUT2D eigenvalue weighted by atomic mass is 16.5. The summed E-state index contributed by atoms with van der Waals surface area (Å²) in [5.41, 5.74) is 1.36. The van der Waals surface area contributed by atoms with Crippen LogP contribution < -0.4 is 10.1 Å². The van der Waals surface area contributed by atoms with E-state index < -0.39 is 0 Å². The quantitative estimate of drug-likeness (QED) is 0.715. The average Bonchev–Trinajstić information content (AvgIpc) is 2.35. The van der Waals surface area contributed by atoms with Crippen LogP contribution in [0.5, 0.6) is 5.75 Å². The number of benzene rings is 1.